The fourth-order valence-electron chi connectivity index (χ4n) is 3.37. The van der Waals surface area contributed by atoms with Crippen molar-refractivity contribution in [3.05, 3.63) is 83.4 Å². The van der Waals surface area contributed by atoms with Crippen LogP contribution in [0.25, 0.3) is 12.2 Å². The van der Waals surface area contributed by atoms with Gasteiger partial charge in [0, 0.05) is 38.8 Å². The van der Waals surface area contributed by atoms with Crippen LogP contribution in [0.5, 0.6) is 0 Å². The molecule has 2 heterocycles. The summed E-state index contributed by atoms with van der Waals surface area (Å²) < 4.78 is 5.91. The van der Waals surface area contributed by atoms with Crippen LogP contribution in [0.2, 0.25) is 0 Å². The molecule has 0 unspecified atom stereocenters. The first-order valence-electron chi connectivity index (χ1n) is 9.47. The van der Waals surface area contributed by atoms with Crippen molar-refractivity contribution in [1.82, 2.24) is 9.88 Å². The van der Waals surface area contributed by atoms with Crippen LogP contribution in [-0.2, 0) is 6.54 Å². The lowest BCUT2D eigenvalue weighted by Gasteiger charge is -2.34. The van der Waals surface area contributed by atoms with Crippen molar-refractivity contribution < 1.29 is 4.42 Å². The molecule has 5 heteroatoms. The SMILES string of the molecule is N#Cc1nc(C=Cc2ccccc2)oc1N1CCN(Cc2ccccc2)CC1. The van der Waals surface area contributed by atoms with Crippen molar-refractivity contribution in [2.75, 3.05) is 31.1 Å². The Labute approximate surface area is 165 Å². The van der Waals surface area contributed by atoms with Crippen molar-refractivity contribution in [3.63, 3.8) is 0 Å². The molecule has 0 spiro atoms. The maximum atomic E-state index is 9.46. The molecule has 1 fully saturated rings. The first kappa shape index (κ1) is 18.0. The Balaban J connectivity index is 1.41. The van der Waals surface area contributed by atoms with Crippen LogP contribution >= 0.6 is 0 Å². The second-order valence-electron chi connectivity index (χ2n) is 6.81. The van der Waals surface area contributed by atoms with Gasteiger partial charge in [-0.2, -0.15) is 10.2 Å². The first-order valence-corrected chi connectivity index (χ1v) is 9.47. The minimum Gasteiger partial charge on any atom is -0.420 e. The Morgan fingerprint density at radius 1 is 0.929 bits per heavy atom. The number of nitriles is 1. The zero-order valence-corrected chi connectivity index (χ0v) is 15.7. The van der Waals surface area contributed by atoms with Gasteiger partial charge >= 0.3 is 0 Å². The molecule has 1 aliphatic rings. The summed E-state index contributed by atoms with van der Waals surface area (Å²) >= 11 is 0. The van der Waals surface area contributed by atoms with E-state index in [4.69, 9.17) is 4.42 Å². The van der Waals surface area contributed by atoms with Gasteiger partial charge in [0.15, 0.2) is 0 Å². The molecule has 140 valence electrons. The molecule has 0 atom stereocenters. The zero-order chi connectivity index (χ0) is 19.2. The summed E-state index contributed by atoms with van der Waals surface area (Å²) in [7, 11) is 0. The van der Waals surface area contributed by atoms with Gasteiger partial charge in [0.05, 0.1) is 0 Å². The minimum atomic E-state index is 0.351. The molecule has 0 bridgehead atoms. The standard InChI is InChI=1S/C23H22N4O/c24-17-21-23(28-22(25-21)12-11-19-7-3-1-4-8-19)27-15-13-26(14-16-27)18-20-9-5-2-6-10-20/h1-12H,13-16,18H2. The third-order valence-corrected chi connectivity index (χ3v) is 4.86. The Hall–Kier alpha value is -3.36. The fourth-order valence-corrected chi connectivity index (χ4v) is 3.37. The lowest BCUT2D eigenvalue weighted by atomic mass is 10.2. The largest absolute Gasteiger partial charge is 0.420 e. The normalized spacial score (nSPS) is 15.0. The molecule has 0 radical (unpaired) electrons. The second kappa shape index (κ2) is 8.55. The number of anilines is 1. The number of nitrogens with zero attached hydrogens (tertiary/aromatic N) is 4. The molecule has 3 aromatic rings. The maximum absolute atomic E-state index is 9.46. The van der Waals surface area contributed by atoms with Crippen molar-refractivity contribution >= 4 is 18.0 Å². The highest BCUT2D eigenvalue weighted by Gasteiger charge is 2.23. The molecule has 2 aromatic carbocycles. The highest BCUT2D eigenvalue weighted by Crippen LogP contribution is 2.24. The van der Waals surface area contributed by atoms with Gasteiger partial charge in [0.2, 0.25) is 17.5 Å². The van der Waals surface area contributed by atoms with Crippen LogP contribution in [0.1, 0.15) is 22.7 Å². The third kappa shape index (κ3) is 4.30. The number of oxazole rings is 1. The van der Waals surface area contributed by atoms with E-state index >= 15 is 0 Å². The highest BCUT2D eigenvalue weighted by molar-refractivity contribution is 5.67. The summed E-state index contributed by atoms with van der Waals surface area (Å²) in [5.41, 5.74) is 2.74. The van der Waals surface area contributed by atoms with Crippen LogP contribution in [0.15, 0.2) is 65.1 Å². The van der Waals surface area contributed by atoms with Crippen LogP contribution in [0, 0.1) is 11.3 Å². The van der Waals surface area contributed by atoms with E-state index in [0.717, 1.165) is 38.3 Å². The van der Waals surface area contributed by atoms with Crippen LogP contribution < -0.4 is 4.90 Å². The van der Waals surface area contributed by atoms with Crippen LogP contribution in [-0.4, -0.2) is 36.1 Å². The predicted molar refractivity (Wildman–Crippen MR) is 111 cm³/mol. The van der Waals surface area contributed by atoms with Gasteiger partial charge in [-0.3, -0.25) is 4.90 Å². The summed E-state index contributed by atoms with van der Waals surface area (Å²) in [6, 6.07) is 22.6. The molecular formula is C23H22N4O. The Kier molecular flexibility index (Phi) is 5.51. The molecule has 5 nitrogen and oxygen atoms in total. The smallest absolute Gasteiger partial charge is 0.235 e. The lowest BCUT2D eigenvalue weighted by Crippen LogP contribution is -2.46. The van der Waals surface area contributed by atoms with Gasteiger partial charge in [-0.1, -0.05) is 60.7 Å². The molecule has 0 aliphatic carbocycles. The van der Waals surface area contributed by atoms with E-state index in [1.54, 1.807) is 0 Å². The van der Waals surface area contributed by atoms with Crippen molar-refractivity contribution in [1.29, 1.82) is 5.26 Å². The Bertz CT molecular complexity index is 965. The fraction of sp³-hybridized carbons (Fsp3) is 0.217. The number of rotatable bonds is 5. The average molecular weight is 370 g/mol. The van der Waals surface area contributed by atoms with Crippen molar-refractivity contribution in [2.45, 2.75) is 6.54 Å². The number of benzene rings is 2. The molecule has 0 N–H and O–H groups in total. The highest BCUT2D eigenvalue weighted by atomic mass is 16.4. The molecule has 1 saturated heterocycles. The molecule has 0 amide bonds. The molecule has 4 rings (SSSR count). The first-order chi connectivity index (χ1) is 13.8. The molecule has 1 aliphatic heterocycles. The summed E-state index contributed by atoms with van der Waals surface area (Å²) in [5.74, 6) is 1.04. The summed E-state index contributed by atoms with van der Waals surface area (Å²) in [6.07, 6.45) is 3.75. The molecule has 1 aromatic heterocycles. The van der Waals surface area contributed by atoms with Crippen molar-refractivity contribution in [2.24, 2.45) is 0 Å². The molecule has 0 saturated carbocycles. The van der Waals surface area contributed by atoms with Gasteiger partial charge in [-0.25, -0.2) is 0 Å². The Morgan fingerprint density at radius 2 is 1.61 bits per heavy atom. The van der Waals surface area contributed by atoms with Crippen LogP contribution in [0.4, 0.5) is 5.88 Å². The van der Waals surface area contributed by atoms with E-state index in [9.17, 15) is 5.26 Å². The lowest BCUT2D eigenvalue weighted by molar-refractivity contribution is 0.246. The van der Waals surface area contributed by atoms with E-state index in [2.05, 4.69) is 45.1 Å². The van der Waals surface area contributed by atoms with Crippen molar-refractivity contribution in [3.8, 4) is 6.07 Å². The Morgan fingerprint density at radius 3 is 2.29 bits per heavy atom. The summed E-state index contributed by atoms with van der Waals surface area (Å²) in [4.78, 5) is 8.87. The zero-order valence-electron chi connectivity index (χ0n) is 15.7. The molecule has 28 heavy (non-hydrogen) atoms. The molecular weight excluding hydrogens is 348 g/mol. The topological polar surface area (TPSA) is 56.3 Å². The van der Waals surface area contributed by atoms with Crippen LogP contribution in [0.3, 0.4) is 0 Å². The van der Waals surface area contributed by atoms with E-state index in [0.29, 0.717) is 17.5 Å². The monoisotopic (exact) mass is 370 g/mol. The van der Waals surface area contributed by atoms with Gasteiger partial charge < -0.3 is 9.32 Å². The summed E-state index contributed by atoms with van der Waals surface area (Å²) in [6.45, 7) is 4.43. The maximum Gasteiger partial charge on any atom is 0.235 e. The minimum absolute atomic E-state index is 0.351. The van der Waals surface area contributed by atoms with Gasteiger partial charge in [0.1, 0.15) is 6.07 Å². The van der Waals surface area contributed by atoms with Gasteiger partial charge in [-0.05, 0) is 17.2 Å². The van der Waals surface area contributed by atoms with Gasteiger partial charge in [-0.15, -0.1) is 0 Å². The van der Waals surface area contributed by atoms with E-state index in [1.165, 1.54) is 5.56 Å². The van der Waals surface area contributed by atoms with E-state index in [1.807, 2.05) is 48.6 Å². The predicted octanol–water partition coefficient (Wildman–Crippen LogP) is 4.04. The number of aromatic nitrogens is 1. The number of hydrogen-bond donors (Lipinski definition) is 0. The quantitative estimate of drug-likeness (QED) is 0.678. The number of piperazine rings is 1. The number of hydrogen-bond acceptors (Lipinski definition) is 5. The van der Waals surface area contributed by atoms with E-state index in [-0.39, 0.29) is 0 Å². The second-order valence-corrected chi connectivity index (χ2v) is 6.81. The summed E-state index contributed by atoms with van der Waals surface area (Å²) in [5, 5.41) is 9.46. The average Bonchev–Trinajstić information content (AvgIpc) is 3.18. The van der Waals surface area contributed by atoms with Gasteiger partial charge in [0.25, 0.3) is 0 Å². The van der Waals surface area contributed by atoms with E-state index < -0.39 is 0 Å². The third-order valence-electron chi connectivity index (χ3n) is 4.86.